The number of benzene rings is 1. The van der Waals surface area contributed by atoms with Crippen LogP contribution in [0.5, 0.6) is 5.75 Å². The van der Waals surface area contributed by atoms with Gasteiger partial charge in [0.15, 0.2) is 0 Å². The Bertz CT molecular complexity index is 538. The van der Waals surface area contributed by atoms with Gasteiger partial charge in [-0.3, -0.25) is 4.79 Å². The van der Waals surface area contributed by atoms with Crippen molar-refractivity contribution in [1.82, 2.24) is 0 Å². The Kier molecular flexibility index (Phi) is 6.77. The maximum atomic E-state index is 12.0. The van der Waals surface area contributed by atoms with E-state index in [4.69, 9.17) is 9.84 Å². The number of alkyl halides is 3. The molecule has 1 rings (SSSR count). The third-order valence-corrected chi connectivity index (χ3v) is 2.85. The van der Waals surface area contributed by atoms with E-state index in [1.165, 1.54) is 0 Å². The lowest BCUT2D eigenvalue weighted by Gasteiger charge is -2.11. The number of carbonyl (C=O) groups is 1. The number of aliphatic carboxylic acids is 1. The fourth-order valence-corrected chi connectivity index (χ4v) is 1.86. The molecule has 0 aromatic heterocycles. The molecule has 22 heavy (non-hydrogen) atoms. The molecule has 120 valence electrons. The van der Waals surface area contributed by atoms with Crippen molar-refractivity contribution in [2.75, 3.05) is 6.61 Å². The molecule has 1 N–H and O–H groups in total. The summed E-state index contributed by atoms with van der Waals surface area (Å²) in [6.07, 6.45) is -5.26. The molecule has 0 saturated carbocycles. The second-order valence-electron chi connectivity index (χ2n) is 4.68. The summed E-state index contributed by atoms with van der Waals surface area (Å²) in [7, 11) is 0. The van der Waals surface area contributed by atoms with Gasteiger partial charge in [-0.05, 0) is 31.0 Å². The molecule has 1 aromatic rings. The van der Waals surface area contributed by atoms with Gasteiger partial charge >= 0.3 is 12.1 Å². The standard InChI is InChI=1S/C16H17F3O3/c1-2-4-13(11-15(20)21)12-5-7-14(8-6-12)22-10-3-9-16(17,18)19/h5-8,13H,3,9-11H2,1H3,(H,20,21). The van der Waals surface area contributed by atoms with Crippen LogP contribution in [0.1, 0.15) is 37.7 Å². The van der Waals surface area contributed by atoms with E-state index >= 15 is 0 Å². The number of halogens is 3. The first-order chi connectivity index (χ1) is 10.3. The number of carboxylic acids is 1. The highest BCUT2D eigenvalue weighted by atomic mass is 19.4. The molecule has 0 spiro atoms. The summed E-state index contributed by atoms with van der Waals surface area (Å²) in [5.74, 6) is 4.60. The predicted molar refractivity (Wildman–Crippen MR) is 75.7 cm³/mol. The molecule has 0 radical (unpaired) electrons. The number of hydrogen-bond acceptors (Lipinski definition) is 2. The monoisotopic (exact) mass is 314 g/mol. The molecule has 0 amide bonds. The van der Waals surface area contributed by atoms with E-state index in [9.17, 15) is 18.0 Å². The minimum absolute atomic E-state index is 0.0217. The summed E-state index contributed by atoms with van der Waals surface area (Å²) in [4.78, 5) is 10.8. The van der Waals surface area contributed by atoms with Crippen molar-refractivity contribution in [2.24, 2.45) is 0 Å². The number of carboxylic acid groups (broad SMARTS) is 1. The molecule has 0 saturated heterocycles. The molecule has 1 atom stereocenters. The van der Waals surface area contributed by atoms with Gasteiger partial charge in [-0.2, -0.15) is 13.2 Å². The van der Waals surface area contributed by atoms with Crippen LogP contribution in [-0.4, -0.2) is 23.9 Å². The summed E-state index contributed by atoms with van der Waals surface area (Å²) < 4.78 is 41.2. The maximum Gasteiger partial charge on any atom is 0.389 e. The lowest BCUT2D eigenvalue weighted by Crippen LogP contribution is -2.09. The van der Waals surface area contributed by atoms with Crippen LogP contribution in [0.2, 0.25) is 0 Å². The Balaban J connectivity index is 2.57. The molecule has 0 heterocycles. The number of ether oxygens (including phenoxy) is 1. The second kappa shape index (κ2) is 8.32. The van der Waals surface area contributed by atoms with Gasteiger partial charge in [0, 0.05) is 6.42 Å². The van der Waals surface area contributed by atoms with Gasteiger partial charge in [0.1, 0.15) is 5.75 Å². The lowest BCUT2D eigenvalue weighted by atomic mass is 9.96. The fraction of sp³-hybridized carbons (Fsp3) is 0.438. The van der Waals surface area contributed by atoms with Crippen LogP contribution >= 0.6 is 0 Å². The van der Waals surface area contributed by atoms with Crippen LogP contribution in [-0.2, 0) is 4.79 Å². The average Bonchev–Trinajstić information content (AvgIpc) is 2.42. The normalized spacial score (nSPS) is 12.2. The van der Waals surface area contributed by atoms with Gasteiger partial charge in [0.25, 0.3) is 0 Å². The van der Waals surface area contributed by atoms with Crippen molar-refractivity contribution >= 4 is 5.97 Å². The quantitative estimate of drug-likeness (QED) is 0.611. The first-order valence-corrected chi connectivity index (χ1v) is 6.75. The topological polar surface area (TPSA) is 46.5 Å². The van der Waals surface area contributed by atoms with Crippen LogP contribution < -0.4 is 4.74 Å². The van der Waals surface area contributed by atoms with E-state index in [1.54, 1.807) is 31.2 Å². The van der Waals surface area contributed by atoms with Gasteiger partial charge < -0.3 is 9.84 Å². The lowest BCUT2D eigenvalue weighted by molar-refractivity contribution is -0.137. The van der Waals surface area contributed by atoms with Gasteiger partial charge in [0.05, 0.1) is 18.9 Å². The van der Waals surface area contributed by atoms with Crippen LogP contribution in [0.4, 0.5) is 13.2 Å². The first-order valence-electron chi connectivity index (χ1n) is 6.75. The molecule has 3 nitrogen and oxygen atoms in total. The molecule has 1 unspecified atom stereocenters. The zero-order valence-electron chi connectivity index (χ0n) is 12.1. The van der Waals surface area contributed by atoms with Crippen molar-refractivity contribution in [1.29, 1.82) is 0 Å². The van der Waals surface area contributed by atoms with Gasteiger partial charge in [-0.15, -0.1) is 5.92 Å². The Morgan fingerprint density at radius 1 is 1.32 bits per heavy atom. The number of rotatable bonds is 7. The highest BCUT2D eigenvalue weighted by molar-refractivity contribution is 5.69. The maximum absolute atomic E-state index is 12.0. The Morgan fingerprint density at radius 2 is 1.95 bits per heavy atom. The summed E-state index contributed by atoms with van der Waals surface area (Å²) in [5.41, 5.74) is 0.736. The molecule has 0 aliphatic carbocycles. The zero-order chi connectivity index (χ0) is 16.6. The summed E-state index contributed by atoms with van der Waals surface area (Å²) in [6.45, 7) is 1.61. The van der Waals surface area contributed by atoms with Crippen molar-refractivity contribution in [2.45, 2.75) is 38.3 Å². The molecule has 6 heteroatoms. The van der Waals surface area contributed by atoms with E-state index in [2.05, 4.69) is 11.8 Å². The van der Waals surface area contributed by atoms with Crippen LogP contribution in [0, 0.1) is 11.8 Å². The van der Waals surface area contributed by atoms with Crippen molar-refractivity contribution in [3.05, 3.63) is 29.8 Å². The molecule has 0 aliphatic heterocycles. The van der Waals surface area contributed by atoms with Crippen molar-refractivity contribution in [3.8, 4) is 17.6 Å². The van der Waals surface area contributed by atoms with E-state index in [0.29, 0.717) is 5.75 Å². The van der Waals surface area contributed by atoms with Gasteiger partial charge in [-0.25, -0.2) is 0 Å². The third-order valence-electron chi connectivity index (χ3n) is 2.85. The fourth-order valence-electron chi connectivity index (χ4n) is 1.86. The zero-order valence-corrected chi connectivity index (χ0v) is 12.1. The van der Waals surface area contributed by atoms with E-state index in [0.717, 1.165) is 5.56 Å². The number of hydrogen-bond donors (Lipinski definition) is 1. The SMILES string of the molecule is CC#CC(CC(=O)O)c1ccc(OCCCC(F)(F)F)cc1. The largest absolute Gasteiger partial charge is 0.494 e. The molecule has 0 fully saturated rings. The molecule has 0 bridgehead atoms. The average molecular weight is 314 g/mol. The molecular formula is C16H17F3O3. The first kappa shape index (κ1) is 17.9. The molecule has 1 aromatic carbocycles. The smallest absolute Gasteiger partial charge is 0.389 e. The summed E-state index contributed by atoms with van der Waals surface area (Å²) in [5, 5.41) is 8.85. The van der Waals surface area contributed by atoms with Gasteiger partial charge in [-0.1, -0.05) is 18.1 Å². The van der Waals surface area contributed by atoms with Crippen molar-refractivity contribution in [3.63, 3.8) is 0 Å². The summed E-state index contributed by atoms with van der Waals surface area (Å²) in [6, 6.07) is 6.57. The third kappa shape index (κ3) is 7.02. The minimum atomic E-state index is -4.17. The van der Waals surface area contributed by atoms with Crippen LogP contribution in [0.15, 0.2) is 24.3 Å². The second-order valence-corrected chi connectivity index (χ2v) is 4.68. The van der Waals surface area contributed by atoms with E-state index < -0.39 is 24.5 Å². The van der Waals surface area contributed by atoms with Crippen LogP contribution in [0.3, 0.4) is 0 Å². The van der Waals surface area contributed by atoms with Crippen LogP contribution in [0.25, 0.3) is 0 Å². The Labute approximate surface area is 127 Å². The molecular weight excluding hydrogens is 297 g/mol. The van der Waals surface area contributed by atoms with E-state index in [-0.39, 0.29) is 19.4 Å². The van der Waals surface area contributed by atoms with Gasteiger partial charge in [0.2, 0.25) is 0 Å². The van der Waals surface area contributed by atoms with Crippen molar-refractivity contribution < 1.29 is 27.8 Å². The highest BCUT2D eigenvalue weighted by Gasteiger charge is 2.26. The predicted octanol–water partition coefficient (Wildman–Crippen LogP) is 3.99. The Morgan fingerprint density at radius 3 is 2.45 bits per heavy atom. The van der Waals surface area contributed by atoms with E-state index in [1.807, 2.05) is 0 Å². The molecule has 0 aliphatic rings. The minimum Gasteiger partial charge on any atom is -0.494 e. The summed E-state index contributed by atoms with van der Waals surface area (Å²) >= 11 is 0. The Hall–Kier alpha value is -2.16. The highest BCUT2D eigenvalue weighted by Crippen LogP contribution is 2.23.